The van der Waals surface area contributed by atoms with Crippen LogP contribution in [-0.2, 0) is 11.2 Å². The monoisotopic (exact) mass is 223 g/mol. The zero-order valence-electron chi connectivity index (χ0n) is 9.17. The van der Waals surface area contributed by atoms with Gasteiger partial charge >= 0.3 is 5.97 Å². The summed E-state index contributed by atoms with van der Waals surface area (Å²) in [7, 11) is 0. The molecule has 3 N–H and O–H groups in total. The van der Waals surface area contributed by atoms with E-state index in [1.54, 1.807) is 0 Å². The third-order valence-corrected chi connectivity index (χ3v) is 2.89. The van der Waals surface area contributed by atoms with Crippen molar-refractivity contribution in [2.24, 2.45) is 5.73 Å². The molecule has 1 unspecified atom stereocenters. The molecular formula is C11H17N3O2. The number of nitrogens with zero attached hydrogens (tertiary/aromatic N) is 2. The number of carbonyl (C=O) groups is 1. The number of rotatable bonds is 6. The maximum atomic E-state index is 10.4. The highest BCUT2D eigenvalue weighted by Crippen LogP contribution is 2.35. The number of carboxylic acids is 1. The minimum Gasteiger partial charge on any atom is -0.481 e. The predicted molar refractivity (Wildman–Crippen MR) is 59.0 cm³/mol. The molecule has 1 heterocycles. The lowest BCUT2D eigenvalue weighted by molar-refractivity contribution is -0.137. The minimum absolute atomic E-state index is 0.0923. The molecule has 0 radical (unpaired) electrons. The van der Waals surface area contributed by atoms with E-state index in [2.05, 4.69) is 9.55 Å². The molecule has 0 saturated heterocycles. The Morgan fingerprint density at radius 3 is 3.06 bits per heavy atom. The maximum absolute atomic E-state index is 10.4. The quantitative estimate of drug-likeness (QED) is 0.752. The van der Waals surface area contributed by atoms with Crippen LogP contribution in [0.5, 0.6) is 0 Å². The van der Waals surface area contributed by atoms with Crippen LogP contribution in [0.25, 0.3) is 0 Å². The van der Waals surface area contributed by atoms with Gasteiger partial charge in [-0.3, -0.25) is 4.79 Å². The molecule has 0 aromatic carbocycles. The Morgan fingerprint density at radius 1 is 1.69 bits per heavy atom. The van der Waals surface area contributed by atoms with Gasteiger partial charge < -0.3 is 15.4 Å². The highest BCUT2D eigenvalue weighted by molar-refractivity contribution is 5.66. The molecule has 1 aliphatic rings. The van der Waals surface area contributed by atoms with Gasteiger partial charge in [0.2, 0.25) is 0 Å². The fraction of sp³-hybridized carbons (Fsp3) is 0.636. The summed E-state index contributed by atoms with van der Waals surface area (Å²) in [6, 6.07) is 0.509. The molecule has 0 spiro atoms. The summed E-state index contributed by atoms with van der Waals surface area (Å²) in [6.07, 6.45) is 7.48. The first-order valence-electron chi connectivity index (χ1n) is 5.65. The van der Waals surface area contributed by atoms with Gasteiger partial charge in [0.1, 0.15) is 0 Å². The lowest BCUT2D eigenvalue weighted by Gasteiger charge is -2.12. The van der Waals surface area contributed by atoms with Crippen molar-refractivity contribution >= 4 is 5.97 Å². The van der Waals surface area contributed by atoms with E-state index >= 15 is 0 Å². The molecule has 1 atom stereocenters. The third-order valence-electron chi connectivity index (χ3n) is 2.89. The van der Waals surface area contributed by atoms with Crippen molar-refractivity contribution in [3.8, 4) is 0 Å². The largest absolute Gasteiger partial charge is 0.481 e. The molecule has 1 aromatic rings. The van der Waals surface area contributed by atoms with E-state index < -0.39 is 5.97 Å². The first-order chi connectivity index (χ1) is 7.66. The number of imidazole rings is 1. The lowest BCUT2D eigenvalue weighted by Crippen LogP contribution is -2.25. The Morgan fingerprint density at radius 2 is 2.44 bits per heavy atom. The van der Waals surface area contributed by atoms with Gasteiger partial charge in [0.05, 0.1) is 6.33 Å². The standard InChI is InChI=1S/C11H17N3O2/c12-8(1-4-11(15)16)5-10-6-13-7-14(10)9-2-3-9/h6-9H,1-5,12H2,(H,15,16). The summed E-state index contributed by atoms with van der Waals surface area (Å²) in [6.45, 7) is 0. The van der Waals surface area contributed by atoms with Crippen LogP contribution in [0.15, 0.2) is 12.5 Å². The Kier molecular flexibility index (Phi) is 3.24. The van der Waals surface area contributed by atoms with E-state index in [1.807, 2.05) is 12.5 Å². The van der Waals surface area contributed by atoms with E-state index in [9.17, 15) is 4.79 Å². The van der Waals surface area contributed by atoms with Gasteiger partial charge in [-0.05, 0) is 19.3 Å². The van der Waals surface area contributed by atoms with Crippen LogP contribution in [0.2, 0.25) is 0 Å². The van der Waals surface area contributed by atoms with Crippen LogP contribution >= 0.6 is 0 Å². The van der Waals surface area contributed by atoms with Crippen LogP contribution in [0, 0.1) is 0 Å². The number of aliphatic carboxylic acids is 1. The summed E-state index contributed by atoms with van der Waals surface area (Å²) >= 11 is 0. The van der Waals surface area contributed by atoms with E-state index in [4.69, 9.17) is 10.8 Å². The molecule has 0 bridgehead atoms. The zero-order valence-corrected chi connectivity index (χ0v) is 9.17. The number of carboxylic acid groups (broad SMARTS) is 1. The van der Waals surface area contributed by atoms with Crippen molar-refractivity contribution in [1.29, 1.82) is 0 Å². The highest BCUT2D eigenvalue weighted by atomic mass is 16.4. The van der Waals surface area contributed by atoms with E-state index in [1.165, 1.54) is 12.8 Å². The van der Waals surface area contributed by atoms with E-state index in [0.29, 0.717) is 18.9 Å². The van der Waals surface area contributed by atoms with Crippen molar-refractivity contribution in [2.45, 2.75) is 44.2 Å². The second-order valence-corrected chi connectivity index (χ2v) is 4.42. The van der Waals surface area contributed by atoms with Gasteiger partial charge in [0.15, 0.2) is 0 Å². The van der Waals surface area contributed by atoms with Crippen LogP contribution in [0.4, 0.5) is 0 Å². The van der Waals surface area contributed by atoms with Gasteiger partial charge in [-0.2, -0.15) is 0 Å². The predicted octanol–water partition coefficient (Wildman–Crippen LogP) is 0.953. The van der Waals surface area contributed by atoms with E-state index in [-0.39, 0.29) is 12.5 Å². The van der Waals surface area contributed by atoms with Crippen molar-refractivity contribution in [1.82, 2.24) is 9.55 Å². The van der Waals surface area contributed by atoms with Crippen molar-refractivity contribution in [3.63, 3.8) is 0 Å². The number of aromatic nitrogens is 2. The van der Waals surface area contributed by atoms with Crippen molar-refractivity contribution < 1.29 is 9.90 Å². The summed E-state index contributed by atoms with van der Waals surface area (Å²) < 4.78 is 2.17. The third kappa shape index (κ3) is 2.82. The van der Waals surface area contributed by atoms with Gasteiger partial charge in [0.25, 0.3) is 0 Å². The number of nitrogens with two attached hydrogens (primary N) is 1. The van der Waals surface area contributed by atoms with Crippen LogP contribution in [0.1, 0.15) is 37.4 Å². The number of hydrogen-bond donors (Lipinski definition) is 2. The molecule has 5 nitrogen and oxygen atoms in total. The fourth-order valence-electron chi connectivity index (χ4n) is 1.85. The molecule has 0 aliphatic heterocycles. The van der Waals surface area contributed by atoms with Gasteiger partial charge in [-0.1, -0.05) is 0 Å². The molecule has 1 fully saturated rings. The van der Waals surface area contributed by atoms with Crippen LogP contribution < -0.4 is 5.73 Å². The molecular weight excluding hydrogens is 206 g/mol. The highest BCUT2D eigenvalue weighted by Gasteiger charge is 2.25. The summed E-state index contributed by atoms with van der Waals surface area (Å²) in [5.41, 5.74) is 7.02. The SMILES string of the molecule is NC(CCC(=O)O)Cc1cncn1C1CC1. The van der Waals surface area contributed by atoms with E-state index in [0.717, 1.165) is 5.69 Å². The van der Waals surface area contributed by atoms with Crippen molar-refractivity contribution in [2.75, 3.05) is 0 Å². The maximum Gasteiger partial charge on any atom is 0.303 e. The van der Waals surface area contributed by atoms with Gasteiger partial charge in [-0.15, -0.1) is 0 Å². The van der Waals surface area contributed by atoms with Crippen molar-refractivity contribution in [3.05, 3.63) is 18.2 Å². The minimum atomic E-state index is -0.786. The molecule has 1 aromatic heterocycles. The Bertz CT molecular complexity index is 371. The normalized spacial score (nSPS) is 17.3. The van der Waals surface area contributed by atoms with Gasteiger partial charge in [-0.25, -0.2) is 4.98 Å². The Balaban J connectivity index is 1.87. The molecule has 2 rings (SSSR count). The Labute approximate surface area is 94.3 Å². The topological polar surface area (TPSA) is 81.1 Å². The lowest BCUT2D eigenvalue weighted by atomic mass is 10.1. The molecule has 0 amide bonds. The first-order valence-corrected chi connectivity index (χ1v) is 5.65. The second-order valence-electron chi connectivity index (χ2n) is 4.42. The molecule has 5 heteroatoms. The smallest absolute Gasteiger partial charge is 0.303 e. The summed E-state index contributed by atoms with van der Waals surface area (Å²) in [5.74, 6) is -0.786. The summed E-state index contributed by atoms with van der Waals surface area (Å²) in [4.78, 5) is 14.5. The zero-order chi connectivity index (χ0) is 11.5. The van der Waals surface area contributed by atoms with Crippen LogP contribution in [-0.4, -0.2) is 26.7 Å². The summed E-state index contributed by atoms with van der Waals surface area (Å²) in [5, 5.41) is 8.57. The Hall–Kier alpha value is -1.36. The fourth-order valence-corrected chi connectivity index (χ4v) is 1.85. The second kappa shape index (κ2) is 4.65. The first kappa shape index (κ1) is 11.1. The average Bonchev–Trinajstić information content (AvgIpc) is 2.97. The number of hydrogen-bond acceptors (Lipinski definition) is 3. The molecule has 1 aliphatic carbocycles. The molecule has 16 heavy (non-hydrogen) atoms. The average molecular weight is 223 g/mol. The molecule has 1 saturated carbocycles. The molecule has 88 valence electrons. The van der Waals surface area contributed by atoms with Crippen LogP contribution in [0.3, 0.4) is 0 Å². The van der Waals surface area contributed by atoms with Gasteiger partial charge in [0, 0.05) is 36.8 Å².